The van der Waals surface area contributed by atoms with Crippen molar-refractivity contribution in [2.24, 2.45) is 0 Å². The van der Waals surface area contributed by atoms with Crippen LogP contribution in [0.4, 0.5) is 0 Å². The van der Waals surface area contributed by atoms with Crippen LogP contribution in [-0.2, 0) is 11.2 Å². The summed E-state index contributed by atoms with van der Waals surface area (Å²) in [6, 6.07) is 10.2. The molecule has 0 fully saturated rings. The van der Waals surface area contributed by atoms with Gasteiger partial charge in [-0.15, -0.1) is 12.4 Å². The van der Waals surface area contributed by atoms with Crippen molar-refractivity contribution >= 4 is 18.4 Å². The van der Waals surface area contributed by atoms with Crippen molar-refractivity contribution in [2.75, 3.05) is 13.1 Å². The zero-order chi connectivity index (χ0) is 10.2. The molecular weight excluding hydrogens is 214 g/mol. The van der Waals surface area contributed by atoms with E-state index in [0.717, 1.165) is 19.4 Å². The predicted molar refractivity (Wildman–Crippen MR) is 62.5 cm³/mol. The third-order valence-corrected chi connectivity index (χ3v) is 1.94. The fourth-order valence-corrected chi connectivity index (χ4v) is 1.26. The van der Waals surface area contributed by atoms with Gasteiger partial charge in [-0.05, 0) is 24.9 Å². The van der Waals surface area contributed by atoms with Gasteiger partial charge in [0.15, 0.2) is 0 Å². The van der Waals surface area contributed by atoms with Crippen LogP contribution < -0.4 is 5.32 Å². The summed E-state index contributed by atoms with van der Waals surface area (Å²) < 4.78 is 0. The van der Waals surface area contributed by atoms with E-state index in [2.05, 4.69) is 17.4 Å². The van der Waals surface area contributed by atoms with Gasteiger partial charge >= 0.3 is 5.97 Å². The molecule has 0 aliphatic heterocycles. The second kappa shape index (κ2) is 8.26. The van der Waals surface area contributed by atoms with Gasteiger partial charge in [0.1, 0.15) is 0 Å². The van der Waals surface area contributed by atoms with Crippen molar-refractivity contribution in [1.82, 2.24) is 5.32 Å². The Morgan fingerprint density at radius 2 is 1.93 bits per heavy atom. The Bertz CT molecular complexity index is 277. The van der Waals surface area contributed by atoms with Crippen LogP contribution in [0.2, 0.25) is 0 Å². The van der Waals surface area contributed by atoms with Gasteiger partial charge in [0.05, 0.1) is 6.54 Å². The van der Waals surface area contributed by atoms with Crippen molar-refractivity contribution in [3.63, 3.8) is 0 Å². The molecule has 0 aromatic heterocycles. The lowest BCUT2D eigenvalue weighted by Gasteiger charge is -2.01. The molecule has 0 saturated heterocycles. The lowest BCUT2D eigenvalue weighted by atomic mass is 10.1. The minimum atomic E-state index is -0.801. The summed E-state index contributed by atoms with van der Waals surface area (Å²) in [5.41, 5.74) is 1.30. The molecule has 0 bridgehead atoms. The SMILES string of the molecule is Cl.O=C(O)CNCCCc1ccccc1. The molecule has 3 nitrogen and oxygen atoms in total. The Morgan fingerprint density at radius 3 is 2.53 bits per heavy atom. The lowest BCUT2D eigenvalue weighted by Crippen LogP contribution is -2.23. The molecule has 84 valence electrons. The monoisotopic (exact) mass is 229 g/mol. The number of carbonyl (C=O) groups is 1. The fraction of sp³-hybridized carbons (Fsp3) is 0.364. The van der Waals surface area contributed by atoms with Gasteiger partial charge in [0.2, 0.25) is 0 Å². The first-order valence-corrected chi connectivity index (χ1v) is 4.75. The van der Waals surface area contributed by atoms with E-state index in [1.165, 1.54) is 5.56 Å². The van der Waals surface area contributed by atoms with Crippen molar-refractivity contribution in [3.8, 4) is 0 Å². The minimum Gasteiger partial charge on any atom is -0.480 e. The highest BCUT2D eigenvalue weighted by atomic mass is 35.5. The summed E-state index contributed by atoms with van der Waals surface area (Å²) in [5.74, 6) is -0.801. The Kier molecular flexibility index (Phi) is 7.68. The number of rotatable bonds is 6. The molecule has 4 heteroatoms. The smallest absolute Gasteiger partial charge is 0.317 e. The molecule has 0 spiro atoms. The molecule has 1 rings (SSSR count). The van der Waals surface area contributed by atoms with Gasteiger partial charge in [0.25, 0.3) is 0 Å². The number of nitrogens with one attached hydrogen (secondary N) is 1. The summed E-state index contributed by atoms with van der Waals surface area (Å²) in [7, 11) is 0. The van der Waals surface area contributed by atoms with Gasteiger partial charge in [-0.25, -0.2) is 0 Å². The number of carboxylic acid groups (broad SMARTS) is 1. The molecule has 2 N–H and O–H groups in total. The molecule has 15 heavy (non-hydrogen) atoms. The molecular formula is C11H16ClNO2. The fourth-order valence-electron chi connectivity index (χ4n) is 1.26. The average Bonchev–Trinajstić information content (AvgIpc) is 2.18. The standard InChI is InChI=1S/C11H15NO2.ClH/c13-11(14)9-12-8-4-7-10-5-2-1-3-6-10;/h1-3,5-6,12H,4,7-9H2,(H,13,14);1H. The minimum absolute atomic E-state index is 0. The molecule has 0 amide bonds. The van der Waals surface area contributed by atoms with Crippen LogP contribution in [0, 0.1) is 0 Å². The lowest BCUT2D eigenvalue weighted by molar-refractivity contribution is -0.135. The number of hydrogen-bond acceptors (Lipinski definition) is 2. The number of hydrogen-bond donors (Lipinski definition) is 2. The second-order valence-electron chi connectivity index (χ2n) is 3.16. The average molecular weight is 230 g/mol. The molecule has 0 radical (unpaired) electrons. The van der Waals surface area contributed by atoms with E-state index in [0.29, 0.717) is 0 Å². The summed E-state index contributed by atoms with van der Waals surface area (Å²) in [6.07, 6.45) is 1.96. The molecule has 0 aliphatic carbocycles. The number of aryl methyl sites for hydroxylation is 1. The van der Waals surface area contributed by atoms with Gasteiger partial charge in [-0.3, -0.25) is 4.79 Å². The highest BCUT2D eigenvalue weighted by Crippen LogP contribution is 2.01. The molecule has 0 aliphatic rings. The quantitative estimate of drug-likeness (QED) is 0.731. The molecule has 0 saturated carbocycles. The first kappa shape index (κ1) is 13.9. The Hall–Kier alpha value is -1.06. The van der Waals surface area contributed by atoms with E-state index < -0.39 is 5.97 Å². The van der Waals surface area contributed by atoms with E-state index in [9.17, 15) is 4.79 Å². The largest absolute Gasteiger partial charge is 0.480 e. The first-order chi connectivity index (χ1) is 6.79. The Labute approximate surface area is 95.9 Å². The van der Waals surface area contributed by atoms with Crippen LogP contribution in [-0.4, -0.2) is 24.2 Å². The molecule has 0 unspecified atom stereocenters. The first-order valence-electron chi connectivity index (χ1n) is 4.75. The van der Waals surface area contributed by atoms with Gasteiger partial charge < -0.3 is 10.4 Å². The maximum Gasteiger partial charge on any atom is 0.317 e. The van der Waals surface area contributed by atoms with Crippen LogP contribution in [0.3, 0.4) is 0 Å². The van der Waals surface area contributed by atoms with Crippen molar-refractivity contribution in [3.05, 3.63) is 35.9 Å². The number of aliphatic carboxylic acids is 1. The Balaban J connectivity index is 0.00000196. The number of benzene rings is 1. The summed E-state index contributed by atoms with van der Waals surface area (Å²) in [5, 5.41) is 11.2. The van der Waals surface area contributed by atoms with E-state index >= 15 is 0 Å². The van der Waals surface area contributed by atoms with E-state index in [-0.39, 0.29) is 19.0 Å². The zero-order valence-electron chi connectivity index (χ0n) is 8.48. The summed E-state index contributed by atoms with van der Waals surface area (Å²) in [4.78, 5) is 10.2. The third-order valence-electron chi connectivity index (χ3n) is 1.94. The predicted octanol–water partition coefficient (Wildman–Crippen LogP) is 1.72. The molecule has 0 atom stereocenters. The van der Waals surface area contributed by atoms with Crippen molar-refractivity contribution < 1.29 is 9.90 Å². The van der Waals surface area contributed by atoms with E-state index in [1.54, 1.807) is 0 Å². The van der Waals surface area contributed by atoms with Crippen molar-refractivity contribution in [2.45, 2.75) is 12.8 Å². The van der Waals surface area contributed by atoms with Gasteiger partial charge in [-0.2, -0.15) is 0 Å². The summed E-state index contributed by atoms with van der Waals surface area (Å²) in [6.45, 7) is 0.802. The topological polar surface area (TPSA) is 49.3 Å². The molecule has 1 aromatic carbocycles. The molecule has 0 heterocycles. The van der Waals surface area contributed by atoms with E-state index in [1.807, 2.05) is 18.2 Å². The van der Waals surface area contributed by atoms with Crippen LogP contribution in [0.25, 0.3) is 0 Å². The highest BCUT2D eigenvalue weighted by molar-refractivity contribution is 5.85. The van der Waals surface area contributed by atoms with E-state index in [4.69, 9.17) is 5.11 Å². The van der Waals surface area contributed by atoms with Crippen LogP contribution in [0.15, 0.2) is 30.3 Å². The maximum absolute atomic E-state index is 10.2. The maximum atomic E-state index is 10.2. The Morgan fingerprint density at radius 1 is 1.27 bits per heavy atom. The van der Waals surface area contributed by atoms with Gasteiger partial charge in [0, 0.05) is 0 Å². The number of carboxylic acids is 1. The number of halogens is 1. The third kappa shape index (κ3) is 6.94. The zero-order valence-corrected chi connectivity index (χ0v) is 9.30. The van der Waals surface area contributed by atoms with Crippen LogP contribution in [0.1, 0.15) is 12.0 Å². The van der Waals surface area contributed by atoms with Crippen LogP contribution in [0.5, 0.6) is 0 Å². The summed E-state index contributed by atoms with van der Waals surface area (Å²) >= 11 is 0. The normalized spacial score (nSPS) is 9.33. The highest BCUT2D eigenvalue weighted by Gasteiger charge is 1.95. The molecule has 1 aromatic rings. The second-order valence-corrected chi connectivity index (χ2v) is 3.16. The van der Waals surface area contributed by atoms with Gasteiger partial charge in [-0.1, -0.05) is 30.3 Å². The van der Waals surface area contributed by atoms with Crippen molar-refractivity contribution in [1.29, 1.82) is 0 Å². The van der Waals surface area contributed by atoms with Crippen LogP contribution >= 0.6 is 12.4 Å².